The van der Waals surface area contributed by atoms with E-state index in [1.165, 1.54) is 4.70 Å². The molecule has 0 amide bonds. The van der Waals surface area contributed by atoms with Crippen molar-refractivity contribution >= 4 is 46.8 Å². The Bertz CT molecular complexity index is 429. The van der Waals surface area contributed by atoms with E-state index in [0.717, 1.165) is 23.4 Å². The first kappa shape index (κ1) is 11.3. The normalized spacial score (nSPS) is 12.2. The first-order valence-electron chi connectivity index (χ1n) is 4.94. The summed E-state index contributed by atoms with van der Waals surface area (Å²) in [7, 11) is 0. The fourth-order valence-electron chi connectivity index (χ4n) is 1.50. The standard InChI is InChI=1S/C11H13NS3/c1-2-7-11(13,14)10-12-8-5-3-4-6-9(8)15-10/h3-6,13-14H,2,7H2,1H3. The molecule has 1 heterocycles. The Labute approximate surface area is 105 Å². The predicted molar refractivity (Wildman–Crippen MR) is 74.2 cm³/mol. The van der Waals surface area contributed by atoms with Crippen molar-refractivity contribution in [2.24, 2.45) is 0 Å². The smallest absolute Gasteiger partial charge is 0.120 e. The van der Waals surface area contributed by atoms with Gasteiger partial charge in [-0.3, -0.25) is 0 Å². The zero-order chi connectivity index (χ0) is 10.9. The van der Waals surface area contributed by atoms with Gasteiger partial charge in [0.1, 0.15) is 9.09 Å². The number of rotatable bonds is 3. The summed E-state index contributed by atoms with van der Waals surface area (Å²) in [6, 6.07) is 8.15. The molecule has 0 bridgehead atoms. The SMILES string of the molecule is CCCC(S)(S)c1nc2ccccc2s1. The van der Waals surface area contributed by atoms with Gasteiger partial charge in [-0.15, -0.1) is 11.3 Å². The van der Waals surface area contributed by atoms with Crippen molar-refractivity contribution < 1.29 is 0 Å². The second-order valence-corrected chi connectivity index (χ2v) is 6.46. The number of benzene rings is 1. The summed E-state index contributed by atoms with van der Waals surface area (Å²) in [5, 5.41) is 0.997. The second kappa shape index (κ2) is 4.36. The molecule has 0 fully saturated rings. The molecule has 0 N–H and O–H groups in total. The van der Waals surface area contributed by atoms with E-state index in [2.05, 4.69) is 43.2 Å². The molecule has 80 valence electrons. The molecule has 0 radical (unpaired) electrons. The first-order valence-corrected chi connectivity index (χ1v) is 6.65. The van der Waals surface area contributed by atoms with Crippen LogP contribution in [-0.4, -0.2) is 4.98 Å². The quantitative estimate of drug-likeness (QED) is 0.622. The average molecular weight is 255 g/mol. The van der Waals surface area contributed by atoms with E-state index < -0.39 is 4.08 Å². The van der Waals surface area contributed by atoms with E-state index in [1.54, 1.807) is 11.3 Å². The number of aromatic nitrogens is 1. The lowest BCUT2D eigenvalue weighted by Gasteiger charge is -2.18. The molecule has 0 saturated heterocycles. The zero-order valence-corrected chi connectivity index (χ0v) is 11.1. The van der Waals surface area contributed by atoms with Crippen molar-refractivity contribution in [1.82, 2.24) is 4.98 Å². The van der Waals surface area contributed by atoms with Gasteiger partial charge in [-0.25, -0.2) is 4.98 Å². The largest absolute Gasteiger partial charge is 0.239 e. The molecule has 4 heteroatoms. The van der Waals surface area contributed by atoms with Crippen LogP contribution >= 0.6 is 36.6 Å². The van der Waals surface area contributed by atoms with Crippen LogP contribution in [0.2, 0.25) is 0 Å². The lowest BCUT2D eigenvalue weighted by molar-refractivity contribution is 0.740. The molecule has 1 nitrogen and oxygen atoms in total. The number of hydrogen-bond acceptors (Lipinski definition) is 4. The molecule has 0 atom stereocenters. The minimum Gasteiger partial charge on any atom is -0.239 e. The second-order valence-electron chi connectivity index (χ2n) is 3.55. The number of fused-ring (bicyclic) bond motifs is 1. The van der Waals surface area contributed by atoms with Crippen molar-refractivity contribution in [3.63, 3.8) is 0 Å². The highest BCUT2D eigenvalue weighted by Crippen LogP contribution is 2.41. The van der Waals surface area contributed by atoms with Crippen LogP contribution in [0.4, 0.5) is 0 Å². The number of thiol groups is 2. The molecule has 0 spiro atoms. The maximum Gasteiger partial charge on any atom is 0.120 e. The van der Waals surface area contributed by atoms with Gasteiger partial charge in [-0.1, -0.05) is 25.5 Å². The van der Waals surface area contributed by atoms with E-state index in [9.17, 15) is 0 Å². The highest BCUT2D eigenvalue weighted by atomic mass is 32.2. The molecule has 0 aliphatic heterocycles. The number of hydrogen-bond donors (Lipinski definition) is 2. The van der Waals surface area contributed by atoms with Crippen molar-refractivity contribution in [2.75, 3.05) is 0 Å². The number of para-hydroxylation sites is 1. The monoisotopic (exact) mass is 255 g/mol. The van der Waals surface area contributed by atoms with Gasteiger partial charge >= 0.3 is 0 Å². The molecule has 2 rings (SSSR count). The Balaban J connectivity index is 2.44. The highest BCUT2D eigenvalue weighted by molar-refractivity contribution is 8.00. The molecule has 0 aliphatic rings. The summed E-state index contributed by atoms with van der Waals surface area (Å²) >= 11 is 10.8. The minimum absolute atomic E-state index is 0.390. The van der Waals surface area contributed by atoms with Crippen molar-refractivity contribution in [3.8, 4) is 0 Å². The van der Waals surface area contributed by atoms with Crippen LogP contribution in [-0.2, 0) is 4.08 Å². The topological polar surface area (TPSA) is 12.9 Å². The third kappa shape index (κ3) is 2.32. The Morgan fingerprint density at radius 3 is 2.73 bits per heavy atom. The lowest BCUT2D eigenvalue weighted by atomic mass is 10.2. The Morgan fingerprint density at radius 2 is 2.07 bits per heavy atom. The molecule has 0 aliphatic carbocycles. The van der Waals surface area contributed by atoms with Crippen LogP contribution < -0.4 is 0 Å². The Hall–Kier alpha value is -0.190. The van der Waals surface area contributed by atoms with Gasteiger partial charge in [0.15, 0.2) is 0 Å². The van der Waals surface area contributed by atoms with Gasteiger partial charge in [-0.05, 0) is 18.6 Å². The predicted octanol–water partition coefficient (Wildman–Crippen LogP) is 4.11. The molecule has 1 aromatic carbocycles. The Kier molecular flexibility index (Phi) is 3.28. The van der Waals surface area contributed by atoms with E-state index in [4.69, 9.17) is 0 Å². The van der Waals surface area contributed by atoms with Crippen LogP contribution in [0.1, 0.15) is 24.8 Å². The number of thiazole rings is 1. The van der Waals surface area contributed by atoms with Crippen molar-refractivity contribution in [2.45, 2.75) is 23.8 Å². The summed E-state index contributed by atoms with van der Waals surface area (Å²) in [4.78, 5) is 4.57. The summed E-state index contributed by atoms with van der Waals surface area (Å²) in [6.45, 7) is 2.13. The molecule has 2 aromatic rings. The molecule has 0 saturated carbocycles. The van der Waals surface area contributed by atoms with Gasteiger partial charge in [0.05, 0.1) is 10.2 Å². The third-order valence-electron chi connectivity index (χ3n) is 2.24. The third-order valence-corrected chi connectivity index (χ3v) is 4.61. The maximum absolute atomic E-state index is 4.58. The van der Waals surface area contributed by atoms with Crippen molar-refractivity contribution in [3.05, 3.63) is 29.3 Å². The molecule has 1 aromatic heterocycles. The summed E-state index contributed by atoms with van der Waals surface area (Å²) in [5.74, 6) is 0. The van der Waals surface area contributed by atoms with Crippen LogP contribution in [0.25, 0.3) is 10.2 Å². The fourth-order valence-corrected chi connectivity index (χ4v) is 3.30. The molecular formula is C11H13NS3. The molecule has 15 heavy (non-hydrogen) atoms. The first-order chi connectivity index (χ1) is 7.13. The highest BCUT2D eigenvalue weighted by Gasteiger charge is 2.25. The van der Waals surface area contributed by atoms with E-state index in [-0.39, 0.29) is 0 Å². The van der Waals surface area contributed by atoms with E-state index in [1.807, 2.05) is 18.2 Å². The minimum atomic E-state index is -0.390. The van der Waals surface area contributed by atoms with Gasteiger partial charge in [-0.2, -0.15) is 25.3 Å². The summed E-state index contributed by atoms with van der Waals surface area (Å²) < 4.78 is 0.814. The average Bonchev–Trinajstić information content (AvgIpc) is 2.61. The van der Waals surface area contributed by atoms with Gasteiger partial charge in [0.2, 0.25) is 0 Å². The number of nitrogens with zero attached hydrogens (tertiary/aromatic N) is 1. The maximum atomic E-state index is 4.58. The zero-order valence-electron chi connectivity index (χ0n) is 8.47. The lowest BCUT2D eigenvalue weighted by Crippen LogP contribution is -2.09. The van der Waals surface area contributed by atoms with E-state index >= 15 is 0 Å². The van der Waals surface area contributed by atoms with Crippen molar-refractivity contribution in [1.29, 1.82) is 0 Å². The van der Waals surface area contributed by atoms with Gasteiger partial charge < -0.3 is 0 Å². The molecular weight excluding hydrogens is 242 g/mol. The van der Waals surface area contributed by atoms with Crippen LogP contribution in [0.3, 0.4) is 0 Å². The van der Waals surface area contributed by atoms with Crippen LogP contribution in [0.5, 0.6) is 0 Å². The summed E-state index contributed by atoms with van der Waals surface area (Å²) in [5.41, 5.74) is 1.04. The fraction of sp³-hybridized carbons (Fsp3) is 0.364. The van der Waals surface area contributed by atoms with Crippen LogP contribution in [0, 0.1) is 0 Å². The van der Waals surface area contributed by atoms with Gasteiger partial charge in [0, 0.05) is 0 Å². The van der Waals surface area contributed by atoms with E-state index in [0.29, 0.717) is 0 Å². The Morgan fingerprint density at radius 1 is 1.33 bits per heavy atom. The molecule has 0 unspecified atom stereocenters. The van der Waals surface area contributed by atoms with Gasteiger partial charge in [0.25, 0.3) is 0 Å². The van der Waals surface area contributed by atoms with Crippen LogP contribution in [0.15, 0.2) is 24.3 Å². The summed E-state index contributed by atoms with van der Waals surface area (Å²) in [6.07, 6.45) is 1.99.